The Morgan fingerprint density at radius 1 is 1.25 bits per heavy atom. The fourth-order valence-electron chi connectivity index (χ4n) is 2.59. The minimum atomic E-state index is -0.922. The fourth-order valence-corrected chi connectivity index (χ4v) is 2.59. The molecule has 1 heterocycles. The third-order valence-electron chi connectivity index (χ3n) is 4.19. The summed E-state index contributed by atoms with van der Waals surface area (Å²) in [6.07, 6.45) is 0.961. The number of hydrogen-bond donors (Lipinski definition) is 2. The number of nitrogens with one attached hydrogen (secondary N) is 1. The van der Waals surface area contributed by atoms with E-state index in [1.54, 1.807) is 4.90 Å². The first-order valence-electron chi connectivity index (χ1n) is 8.02. The van der Waals surface area contributed by atoms with Gasteiger partial charge in [0.2, 0.25) is 11.8 Å². The summed E-state index contributed by atoms with van der Waals surface area (Å²) in [5.41, 5.74) is 6.25. The molecule has 0 radical (unpaired) electrons. The van der Waals surface area contributed by atoms with Crippen LogP contribution in [0.4, 0.5) is 0 Å². The van der Waals surface area contributed by atoms with Crippen LogP contribution in [0.1, 0.15) is 25.3 Å². The molecule has 1 saturated heterocycles. The molecule has 134 valence electrons. The van der Waals surface area contributed by atoms with Crippen LogP contribution >= 0.6 is 12.4 Å². The predicted molar refractivity (Wildman–Crippen MR) is 94.8 cm³/mol. The summed E-state index contributed by atoms with van der Waals surface area (Å²) in [4.78, 5) is 26.3. The van der Waals surface area contributed by atoms with Gasteiger partial charge in [-0.3, -0.25) is 9.59 Å². The Hall–Kier alpha value is -1.63. The Morgan fingerprint density at radius 3 is 2.46 bits per heavy atom. The van der Waals surface area contributed by atoms with E-state index in [2.05, 4.69) is 5.32 Å². The van der Waals surface area contributed by atoms with Crippen molar-refractivity contribution in [2.45, 2.75) is 31.8 Å². The molecular formula is C17H26ClN3O3. The van der Waals surface area contributed by atoms with E-state index in [0.29, 0.717) is 39.1 Å². The number of benzene rings is 1. The van der Waals surface area contributed by atoms with Gasteiger partial charge in [-0.2, -0.15) is 0 Å². The fraction of sp³-hybridized carbons (Fsp3) is 0.529. The molecule has 6 nitrogen and oxygen atoms in total. The zero-order chi connectivity index (χ0) is 16.7. The number of hydrogen-bond acceptors (Lipinski definition) is 4. The lowest BCUT2D eigenvalue weighted by molar-refractivity contribution is -0.136. The normalized spacial score (nSPS) is 15.9. The van der Waals surface area contributed by atoms with Gasteiger partial charge in [-0.1, -0.05) is 30.3 Å². The molecule has 24 heavy (non-hydrogen) atoms. The number of likely N-dealkylation sites (N-methyl/N-ethyl adjacent to an activating group) is 1. The highest BCUT2D eigenvalue weighted by atomic mass is 35.5. The molecule has 2 amide bonds. The predicted octanol–water partition coefficient (Wildman–Crippen LogP) is 1.08. The molecule has 7 heteroatoms. The third-order valence-corrected chi connectivity index (χ3v) is 4.19. The molecular weight excluding hydrogens is 330 g/mol. The van der Waals surface area contributed by atoms with E-state index in [4.69, 9.17) is 10.5 Å². The molecule has 0 atom stereocenters. The van der Waals surface area contributed by atoms with E-state index in [1.807, 2.05) is 37.3 Å². The summed E-state index contributed by atoms with van der Waals surface area (Å²) in [6, 6.07) is 9.78. The van der Waals surface area contributed by atoms with Gasteiger partial charge >= 0.3 is 0 Å². The smallest absolute Gasteiger partial charge is 0.242 e. The summed E-state index contributed by atoms with van der Waals surface area (Å²) < 4.78 is 5.23. The Kier molecular flexibility index (Phi) is 8.18. The molecule has 1 aromatic rings. The SMILES string of the molecule is CCN(Cc1ccccc1)C(=O)CNC(=O)C1(N)CCOCC1.Cl. The van der Waals surface area contributed by atoms with Crippen molar-refractivity contribution >= 4 is 24.2 Å². The first-order chi connectivity index (χ1) is 11.0. The van der Waals surface area contributed by atoms with Gasteiger partial charge in [0.05, 0.1) is 12.1 Å². The van der Waals surface area contributed by atoms with Crippen molar-refractivity contribution in [3.8, 4) is 0 Å². The van der Waals surface area contributed by atoms with E-state index in [-0.39, 0.29) is 30.8 Å². The summed E-state index contributed by atoms with van der Waals surface area (Å²) in [6.45, 7) is 3.98. The van der Waals surface area contributed by atoms with Crippen LogP contribution in [0.5, 0.6) is 0 Å². The number of amides is 2. The highest BCUT2D eigenvalue weighted by Gasteiger charge is 2.36. The van der Waals surface area contributed by atoms with Crippen LogP contribution in [-0.4, -0.2) is 48.6 Å². The second-order valence-electron chi connectivity index (χ2n) is 5.84. The van der Waals surface area contributed by atoms with Crippen LogP contribution in [0.2, 0.25) is 0 Å². The maximum Gasteiger partial charge on any atom is 0.242 e. The quantitative estimate of drug-likeness (QED) is 0.799. The Morgan fingerprint density at radius 2 is 1.88 bits per heavy atom. The maximum absolute atomic E-state index is 12.3. The van der Waals surface area contributed by atoms with Crippen LogP contribution in [0, 0.1) is 0 Å². The molecule has 0 aromatic heterocycles. The van der Waals surface area contributed by atoms with E-state index in [9.17, 15) is 9.59 Å². The highest BCUT2D eigenvalue weighted by Crippen LogP contribution is 2.17. The van der Waals surface area contributed by atoms with Crippen molar-refractivity contribution in [1.29, 1.82) is 0 Å². The van der Waals surface area contributed by atoms with Crippen LogP contribution in [0.15, 0.2) is 30.3 Å². The number of nitrogens with two attached hydrogens (primary N) is 1. The average molecular weight is 356 g/mol. The van der Waals surface area contributed by atoms with Crippen molar-refractivity contribution in [1.82, 2.24) is 10.2 Å². The first kappa shape index (κ1) is 20.4. The van der Waals surface area contributed by atoms with Crippen molar-refractivity contribution in [2.75, 3.05) is 26.3 Å². The van der Waals surface area contributed by atoms with Crippen LogP contribution < -0.4 is 11.1 Å². The Labute approximate surface area is 149 Å². The van der Waals surface area contributed by atoms with Crippen LogP contribution in [-0.2, 0) is 20.9 Å². The maximum atomic E-state index is 12.3. The molecule has 1 aliphatic heterocycles. The minimum absolute atomic E-state index is 0. The molecule has 1 fully saturated rings. The molecule has 0 unspecified atom stereocenters. The van der Waals surface area contributed by atoms with Gasteiger partial charge < -0.3 is 20.7 Å². The largest absolute Gasteiger partial charge is 0.381 e. The molecule has 0 spiro atoms. The average Bonchev–Trinajstić information content (AvgIpc) is 2.58. The molecule has 1 aromatic carbocycles. The van der Waals surface area contributed by atoms with Crippen LogP contribution in [0.25, 0.3) is 0 Å². The monoisotopic (exact) mass is 355 g/mol. The van der Waals surface area contributed by atoms with Crippen molar-refractivity contribution in [3.63, 3.8) is 0 Å². The van der Waals surface area contributed by atoms with E-state index in [0.717, 1.165) is 5.56 Å². The number of carbonyl (C=O) groups excluding carboxylic acids is 2. The molecule has 0 saturated carbocycles. The number of carbonyl (C=O) groups is 2. The summed E-state index contributed by atoms with van der Waals surface area (Å²) in [5.74, 6) is -0.384. The van der Waals surface area contributed by atoms with Gasteiger partial charge in [0.15, 0.2) is 0 Å². The lowest BCUT2D eigenvalue weighted by atomic mass is 9.90. The van der Waals surface area contributed by atoms with Crippen molar-refractivity contribution in [3.05, 3.63) is 35.9 Å². The number of halogens is 1. The zero-order valence-corrected chi connectivity index (χ0v) is 14.8. The third kappa shape index (κ3) is 5.47. The number of rotatable bonds is 6. The van der Waals surface area contributed by atoms with Gasteiger partial charge in [-0.05, 0) is 25.3 Å². The van der Waals surface area contributed by atoms with Gasteiger partial charge in [-0.25, -0.2) is 0 Å². The zero-order valence-electron chi connectivity index (χ0n) is 14.0. The second kappa shape index (κ2) is 9.61. The Balaban J connectivity index is 0.00000288. The number of ether oxygens (including phenoxy) is 1. The van der Waals surface area contributed by atoms with E-state index in [1.165, 1.54) is 0 Å². The van der Waals surface area contributed by atoms with Crippen molar-refractivity contribution in [2.24, 2.45) is 5.73 Å². The van der Waals surface area contributed by atoms with Gasteiger partial charge in [0.25, 0.3) is 0 Å². The second-order valence-corrected chi connectivity index (χ2v) is 5.84. The van der Waals surface area contributed by atoms with Crippen molar-refractivity contribution < 1.29 is 14.3 Å². The molecule has 2 rings (SSSR count). The topological polar surface area (TPSA) is 84.7 Å². The van der Waals surface area contributed by atoms with Gasteiger partial charge in [-0.15, -0.1) is 12.4 Å². The van der Waals surface area contributed by atoms with E-state index >= 15 is 0 Å². The highest BCUT2D eigenvalue weighted by molar-refractivity contribution is 5.90. The Bertz CT molecular complexity index is 533. The van der Waals surface area contributed by atoms with Gasteiger partial charge in [0.1, 0.15) is 0 Å². The first-order valence-corrected chi connectivity index (χ1v) is 8.02. The lowest BCUT2D eigenvalue weighted by Gasteiger charge is -2.32. The van der Waals surface area contributed by atoms with Crippen LogP contribution in [0.3, 0.4) is 0 Å². The molecule has 0 aliphatic carbocycles. The minimum Gasteiger partial charge on any atom is -0.381 e. The number of nitrogens with zero attached hydrogens (tertiary/aromatic N) is 1. The molecule has 1 aliphatic rings. The summed E-state index contributed by atoms with van der Waals surface area (Å²) >= 11 is 0. The van der Waals surface area contributed by atoms with Gasteiger partial charge in [0, 0.05) is 26.3 Å². The molecule has 3 N–H and O–H groups in total. The van der Waals surface area contributed by atoms with E-state index < -0.39 is 5.54 Å². The lowest BCUT2D eigenvalue weighted by Crippen LogP contribution is -2.58. The standard InChI is InChI=1S/C17H25N3O3.ClH/c1-2-20(13-14-6-4-3-5-7-14)15(21)12-19-16(22)17(18)8-10-23-11-9-17;/h3-7H,2,8-13,18H2,1H3,(H,19,22);1H. The summed E-state index contributed by atoms with van der Waals surface area (Å²) in [7, 11) is 0. The summed E-state index contributed by atoms with van der Waals surface area (Å²) in [5, 5.41) is 2.68. The molecule has 0 bridgehead atoms.